The number of fused-ring (bicyclic) bond motifs is 1. The summed E-state index contributed by atoms with van der Waals surface area (Å²) in [5.41, 5.74) is 1.92. The van der Waals surface area contributed by atoms with Gasteiger partial charge in [-0.25, -0.2) is 9.78 Å². The van der Waals surface area contributed by atoms with Crippen LogP contribution in [-0.4, -0.2) is 42.7 Å². The highest BCUT2D eigenvalue weighted by Crippen LogP contribution is 2.30. The second-order valence-corrected chi connectivity index (χ2v) is 8.85. The quantitative estimate of drug-likeness (QED) is 0.507. The van der Waals surface area contributed by atoms with Crippen molar-refractivity contribution < 1.29 is 9.53 Å². The second-order valence-electron chi connectivity index (χ2n) is 8.85. The Hall–Kier alpha value is -3.35. The number of hydrogen-bond donors (Lipinski definition) is 2. The number of nitrogens with zero attached hydrogens (tertiary/aromatic N) is 3. The van der Waals surface area contributed by atoms with Crippen molar-refractivity contribution in [2.45, 2.75) is 44.8 Å². The fraction of sp³-hybridized carbons (Fsp3) is 0.423. The van der Waals surface area contributed by atoms with E-state index in [1.807, 2.05) is 67.5 Å². The topological polar surface area (TPSA) is 79.4 Å². The molecule has 33 heavy (non-hydrogen) atoms. The zero-order chi connectivity index (χ0) is 23.0. The van der Waals surface area contributed by atoms with E-state index in [2.05, 4.69) is 16.7 Å². The molecule has 1 aliphatic carbocycles. The van der Waals surface area contributed by atoms with E-state index in [-0.39, 0.29) is 18.7 Å². The van der Waals surface area contributed by atoms with E-state index in [9.17, 15) is 4.79 Å². The van der Waals surface area contributed by atoms with Crippen LogP contribution in [0.25, 0.3) is 10.9 Å². The lowest BCUT2D eigenvalue weighted by molar-refractivity contribution is 0.138. The molecule has 1 aromatic heterocycles. The zero-order valence-corrected chi connectivity index (χ0v) is 19.5. The predicted molar refractivity (Wildman–Crippen MR) is 132 cm³/mol. The summed E-state index contributed by atoms with van der Waals surface area (Å²) in [5.74, 6) is 2.04. The van der Waals surface area contributed by atoms with Gasteiger partial charge in [0.2, 0.25) is 5.95 Å². The van der Waals surface area contributed by atoms with Crippen LogP contribution in [-0.2, 0) is 11.3 Å². The molecule has 1 saturated carbocycles. The highest BCUT2D eigenvalue weighted by Gasteiger charge is 2.26. The van der Waals surface area contributed by atoms with Crippen molar-refractivity contribution in [1.29, 1.82) is 0 Å². The Balaban J connectivity index is 1.33. The van der Waals surface area contributed by atoms with Crippen LogP contribution in [0.4, 0.5) is 16.6 Å². The van der Waals surface area contributed by atoms with Crippen molar-refractivity contribution in [2.24, 2.45) is 5.92 Å². The highest BCUT2D eigenvalue weighted by molar-refractivity contribution is 5.90. The maximum Gasteiger partial charge on any atom is 0.407 e. The van der Waals surface area contributed by atoms with Gasteiger partial charge < -0.3 is 20.3 Å². The number of alkyl carbamates (subject to hydrolysis) is 1. The Kier molecular flexibility index (Phi) is 7.60. The molecule has 2 aromatic carbocycles. The molecular weight excluding hydrogens is 414 g/mol. The molecule has 1 fully saturated rings. The maximum atomic E-state index is 12.1. The number of carbonyl (C=O) groups is 1. The van der Waals surface area contributed by atoms with Crippen molar-refractivity contribution >= 4 is 28.8 Å². The third kappa shape index (κ3) is 6.12. The summed E-state index contributed by atoms with van der Waals surface area (Å²) < 4.78 is 5.33. The lowest BCUT2D eigenvalue weighted by Gasteiger charge is -2.32. The Morgan fingerprint density at radius 1 is 1.03 bits per heavy atom. The van der Waals surface area contributed by atoms with E-state index >= 15 is 0 Å². The molecule has 0 radical (unpaired) electrons. The Bertz CT molecular complexity index is 1060. The minimum atomic E-state index is -0.368. The van der Waals surface area contributed by atoms with E-state index < -0.39 is 0 Å². The van der Waals surface area contributed by atoms with Crippen LogP contribution >= 0.6 is 0 Å². The van der Waals surface area contributed by atoms with Crippen LogP contribution in [0.2, 0.25) is 0 Å². The van der Waals surface area contributed by atoms with Gasteiger partial charge in [0.1, 0.15) is 12.4 Å². The molecular formula is C26H33N5O2. The van der Waals surface area contributed by atoms with Crippen LogP contribution in [0.15, 0.2) is 54.6 Å². The molecule has 2 N–H and O–H groups in total. The molecule has 174 valence electrons. The summed E-state index contributed by atoms with van der Waals surface area (Å²) in [6.07, 6.45) is 5.14. The van der Waals surface area contributed by atoms with Gasteiger partial charge in [-0.2, -0.15) is 4.98 Å². The molecule has 0 aliphatic heterocycles. The van der Waals surface area contributed by atoms with E-state index in [4.69, 9.17) is 14.7 Å². The number of aromatic nitrogens is 2. The third-order valence-electron chi connectivity index (χ3n) is 6.23. The normalized spacial score (nSPS) is 18.0. The van der Waals surface area contributed by atoms with Crippen LogP contribution in [0, 0.1) is 5.92 Å². The van der Waals surface area contributed by atoms with Gasteiger partial charge in [0.25, 0.3) is 0 Å². The Morgan fingerprint density at radius 2 is 1.79 bits per heavy atom. The number of rotatable bonds is 8. The summed E-state index contributed by atoms with van der Waals surface area (Å²) >= 11 is 0. The SMILES string of the molecule is CN(C)c1nc(NC2CCCCC2CCNC(=O)OCc2ccccc2)nc2ccccc12. The number of para-hydroxylation sites is 1. The molecule has 0 bridgehead atoms. The first-order valence-electron chi connectivity index (χ1n) is 11.8. The molecule has 2 unspecified atom stereocenters. The van der Waals surface area contributed by atoms with E-state index in [1.165, 1.54) is 12.8 Å². The number of hydrogen-bond acceptors (Lipinski definition) is 6. The molecule has 0 spiro atoms. The molecule has 3 aromatic rings. The molecule has 2 atom stereocenters. The Morgan fingerprint density at radius 3 is 2.61 bits per heavy atom. The van der Waals surface area contributed by atoms with Crippen LogP contribution in [0.1, 0.15) is 37.7 Å². The number of benzene rings is 2. The second kappa shape index (κ2) is 11.0. The fourth-order valence-corrected chi connectivity index (χ4v) is 4.51. The number of ether oxygens (including phenoxy) is 1. The summed E-state index contributed by atoms with van der Waals surface area (Å²) in [6, 6.07) is 18.1. The lowest BCUT2D eigenvalue weighted by Crippen LogP contribution is -2.36. The first kappa shape index (κ1) is 22.8. The van der Waals surface area contributed by atoms with Gasteiger partial charge in [-0.15, -0.1) is 0 Å². The van der Waals surface area contributed by atoms with Crippen molar-refractivity contribution in [1.82, 2.24) is 15.3 Å². The number of anilines is 2. The minimum Gasteiger partial charge on any atom is -0.445 e. The number of amides is 1. The van der Waals surface area contributed by atoms with Gasteiger partial charge in [0, 0.05) is 32.1 Å². The molecule has 7 heteroatoms. The van der Waals surface area contributed by atoms with Crippen molar-refractivity contribution in [3.05, 3.63) is 60.2 Å². The summed E-state index contributed by atoms with van der Waals surface area (Å²) in [6.45, 7) is 0.881. The lowest BCUT2D eigenvalue weighted by atomic mass is 9.82. The standard InChI is InChI=1S/C26H33N5O2/c1-31(2)24-21-13-7-9-15-23(21)29-25(30-24)28-22-14-8-6-12-20(22)16-17-27-26(32)33-18-19-10-4-3-5-11-19/h3-5,7,9-11,13,15,20,22H,6,8,12,14,16-18H2,1-2H3,(H,27,32)(H,28,29,30). The summed E-state index contributed by atoms with van der Waals surface area (Å²) in [4.78, 5) is 23.7. The highest BCUT2D eigenvalue weighted by atomic mass is 16.5. The van der Waals surface area contributed by atoms with Gasteiger partial charge in [0.05, 0.1) is 5.52 Å². The Labute approximate surface area is 195 Å². The van der Waals surface area contributed by atoms with Gasteiger partial charge in [-0.1, -0.05) is 55.3 Å². The third-order valence-corrected chi connectivity index (χ3v) is 6.23. The predicted octanol–water partition coefficient (Wildman–Crippen LogP) is 4.98. The molecule has 0 saturated heterocycles. The molecule has 1 heterocycles. The minimum absolute atomic E-state index is 0.286. The van der Waals surface area contributed by atoms with Crippen LogP contribution in [0.5, 0.6) is 0 Å². The van der Waals surface area contributed by atoms with Gasteiger partial charge >= 0.3 is 6.09 Å². The molecule has 4 rings (SSSR count). The largest absolute Gasteiger partial charge is 0.445 e. The average molecular weight is 448 g/mol. The number of carbonyl (C=O) groups excluding carboxylic acids is 1. The smallest absolute Gasteiger partial charge is 0.407 e. The molecule has 1 amide bonds. The van der Waals surface area contributed by atoms with Crippen molar-refractivity contribution in [2.75, 3.05) is 30.9 Å². The van der Waals surface area contributed by atoms with Crippen LogP contribution < -0.4 is 15.5 Å². The summed E-state index contributed by atoms with van der Waals surface area (Å²) in [7, 11) is 4.01. The van der Waals surface area contributed by atoms with Crippen molar-refractivity contribution in [3.63, 3.8) is 0 Å². The van der Waals surface area contributed by atoms with Gasteiger partial charge in [0.15, 0.2) is 0 Å². The number of nitrogens with one attached hydrogen (secondary N) is 2. The first-order chi connectivity index (χ1) is 16.1. The monoisotopic (exact) mass is 447 g/mol. The molecule has 7 nitrogen and oxygen atoms in total. The maximum absolute atomic E-state index is 12.1. The first-order valence-corrected chi connectivity index (χ1v) is 11.8. The fourth-order valence-electron chi connectivity index (χ4n) is 4.51. The van der Waals surface area contributed by atoms with Crippen LogP contribution in [0.3, 0.4) is 0 Å². The van der Waals surface area contributed by atoms with Gasteiger partial charge in [-0.3, -0.25) is 0 Å². The zero-order valence-electron chi connectivity index (χ0n) is 19.5. The van der Waals surface area contributed by atoms with Crippen molar-refractivity contribution in [3.8, 4) is 0 Å². The van der Waals surface area contributed by atoms with E-state index in [1.54, 1.807) is 0 Å². The average Bonchev–Trinajstić information content (AvgIpc) is 2.84. The van der Waals surface area contributed by atoms with E-state index in [0.29, 0.717) is 18.4 Å². The van der Waals surface area contributed by atoms with Gasteiger partial charge in [-0.05, 0) is 42.9 Å². The molecule has 1 aliphatic rings. The summed E-state index contributed by atoms with van der Waals surface area (Å²) in [5, 5.41) is 7.56. The van der Waals surface area contributed by atoms with E-state index in [0.717, 1.165) is 41.5 Å².